The summed E-state index contributed by atoms with van der Waals surface area (Å²) < 4.78 is 5.12. The van der Waals surface area contributed by atoms with Crippen LogP contribution in [0.15, 0.2) is 30.5 Å². The predicted molar refractivity (Wildman–Crippen MR) is 64.0 cm³/mol. The maximum Gasteiger partial charge on any atom is 0.162 e. The molecule has 3 nitrogen and oxygen atoms in total. The van der Waals surface area contributed by atoms with Gasteiger partial charge in [0.15, 0.2) is 5.82 Å². The number of ether oxygens (including phenoxy) is 1. The molecule has 0 spiro atoms. The van der Waals surface area contributed by atoms with Crippen molar-refractivity contribution in [2.45, 2.75) is 0 Å². The zero-order valence-electron chi connectivity index (χ0n) is 8.45. The topological polar surface area (TPSA) is 35.0 Å². The van der Waals surface area contributed by atoms with E-state index in [4.69, 9.17) is 27.9 Å². The lowest BCUT2D eigenvalue weighted by Gasteiger charge is -2.07. The first-order valence-electron chi connectivity index (χ1n) is 4.54. The number of rotatable bonds is 2. The predicted octanol–water partition coefficient (Wildman–Crippen LogP) is 3.46. The van der Waals surface area contributed by atoms with Crippen LogP contribution < -0.4 is 4.74 Å². The van der Waals surface area contributed by atoms with Crippen molar-refractivity contribution < 1.29 is 4.74 Å². The highest BCUT2D eigenvalue weighted by Crippen LogP contribution is 2.33. The van der Waals surface area contributed by atoms with Gasteiger partial charge in [-0.2, -0.15) is 0 Å². The van der Waals surface area contributed by atoms with E-state index in [0.29, 0.717) is 27.3 Å². The van der Waals surface area contributed by atoms with E-state index in [-0.39, 0.29) is 0 Å². The first-order chi connectivity index (χ1) is 7.72. The Morgan fingerprint density at radius 3 is 2.69 bits per heavy atom. The lowest BCUT2D eigenvalue weighted by molar-refractivity contribution is 0.415. The van der Waals surface area contributed by atoms with Gasteiger partial charge < -0.3 is 4.74 Å². The van der Waals surface area contributed by atoms with Crippen LogP contribution in [0.3, 0.4) is 0 Å². The molecule has 1 aromatic heterocycles. The Labute approximate surface area is 103 Å². The van der Waals surface area contributed by atoms with Crippen LogP contribution in [0.2, 0.25) is 10.2 Å². The van der Waals surface area contributed by atoms with Gasteiger partial charge in [-0.05, 0) is 18.2 Å². The zero-order chi connectivity index (χ0) is 11.5. The smallest absolute Gasteiger partial charge is 0.162 e. The van der Waals surface area contributed by atoms with Crippen LogP contribution in [0.1, 0.15) is 0 Å². The minimum atomic E-state index is 0.379. The molecule has 0 N–H and O–H groups in total. The molecule has 0 radical (unpaired) electrons. The number of hydrogen-bond acceptors (Lipinski definition) is 3. The molecular weight excluding hydrogens is 247 g/mol. The summed E-state index contributed by atoms with van der Waals surface area (Å²) in [6.45, 7) is 0. The molecule has 0 atom stereocenters. The number of methoxy groups -OCH3 is 1. The maximum atomic E-state index is 6.15. The van der Waals surface area contributed by atoms with E-state index in [2.05, 4.69) is 9.97 Å². The van der Waals surface area contributed by atoms with Gasteiger partial charge in [0.1, 0.15) is 10.9 Å². The first kappa shape index (κ1) is 11.2. The van der Waals surface area contributed by atoms with E-state index in [1.54, 1.807) is 25.4 Å². The highest BCUT2D eigenvalue weighted by molar-refractivity contribution is 6.34. The molecule has 0 bridgehead atoms. The molecular formula is C11H8Cl2N2O. The molecule has 5 heteroatoms. The Morgan fingerprint density at radius 2 is 2.00 bits per heavy atom. The van der Waals surface area contributed by atoms with Crippen LogP contribution in [0.5, 0.6) is 5.75 Å². The molecule has 0 aliphatic carbocycles. The highest BCUT2D eigenvalue weighted by atomic mass is 35.5. The lowest BCUT2D eigenvalue weighted by atomic mass is 10.2. The van der Waals surface area contributed by atoms with Crippen molar-refractivity contribution in [2.24, 2.45) is 0 Å². The third-order valence-corrected chi connectivity index (χ3v) is 2.65. The van der Waals surface area contributed by atoms with Gasteiger partial charge in [0.05, 0.1) is 12.1 Å². The van der Waals surface area contributed by atoms with E-state index in [1.807, 2.05) is 12.1 Å². The summed E-state index contributed by atoms with van der Waals surface area (Å²) in [5.74, 6) is 1.07. The fraction of sp³-hybridized carbons (Fsp3) is 0.0909. The summed E-state index contributed by atoms with van der Waals surface area (Å²) in [4.78, 5) is 8.20. The van der Waals surface area contributed by atoms with Crippen LogP contribution in [-0.4, -0.2) is 17.1 Å². The Kier molecular flexibility index (Phi) is 3.27. The molecule has 82 valence electrons. The maximum absolute atomic E-state index is 6.15. The molecule has 2 aromatic rings. The largest absolute Gasteiger partial charge is 0.495 e. The van der Waals surface area contributed by atoms with Gasteiger partial charge in [-0.25, -0.2) is 9.97 Å². The van der Waals surface area contributed by atoms with Crippen molar-refractivity contribution in [1.82, 2.24) is 9.97 Å². The second kappa shape index (κ2) is 4.68. The Bertz CT molecular complexity index is 517. The van der Waals surface area contributed by atoms with Crippen LogP contribution in [-0.2, 0) is 0 Å². The number of halogens is 2. The Hall–Kier alpha value is -1.32. The molecule has 2 rings (SSSR count). The van der Waals surface area contributed by atoms with Crippen molar-refractivity contribution in [2.75, 3.05) is 7.11 Å². The molecule has 1 aromatic carbocycles. The SMILES string of the molecule is COc1cccc(-c2nccc(Cl)n2)c1Cl. The third kappa shape index (κ3) is 2.10. The van der Waals surface area contributed by atoms with Gasteiger partial charge in [-0.1, -0.05) is 29.3 Å². The van der Waals surface area contributed by atoms with Crippen molar-refractivity contribution in [3.8, 4) is 17.1 Å². The number of hydrogen-bond donors (Lipinski definition) is 0. The molecule has 0 aliphatic heterocycles. The number of aromatic nitrogens is 2. The molecule has 0 saturated carbocycles. The van der Waals surface area contributed by atoms with Crippen molar-refractivity contribution in [3.63, 3.8) is 0 Å². The average Bonchev–Trinajstić information content (AvgIpc) is 2.29. The van der Waals surface area contributed by atoms with E-state index in [0.717, 1.165) is 0 Å². The summed E-state index contributed by atoms with van der Waals surface area (Å²) in [5.41, 5.74) is 0.698. The number of benzene rings is 1. The normalized spacial score (nSPS) is 10.2. The Morgan fingerprint density at radius 1 is 1.19 bits per heavy atom. The summed E-state index contributed by atoms with van der Waals surface area (Å²) in [7, 11) is 1.56. The summed E-state index contributed by atoms with van der Waals surface area (Å²) in [6, 6.07) is 7.02. The summed E-state index contributed by atoms with van der Waals surface area (Å²) in [6.07, 6.45) is 1.58. The minimum Gasteiger partial charge on any atom is -0.495 e. The third-order valence-electron chi connectivity index (χ3n) is 2.05. The zero-order valence-corrected chi connectivity index (χ0v) is 9.96. The molecule has 0 unspecified atom stereocenters. The molecule has 0 saturated heterocycles. The van der Waals surface area contributed by atoms with Gasteiger partial charge in [0, 0.05) is 11.8 Å². The summed E-state index contributed by atoms with van der Waals surface area (Å²) >= 11 is 11.9. The van der Waals surface area contributed by atoms with Crippen LogP contribution in [0.4, 0.5) is 0 Å². The average molecular weight is 255 g/mol. The van der Waals surface area contributed by atoms with Gasteiger partial charge in [0.2, 0.25) is 0 Å². The second-order valence-electron chi connectivity index (χ2n) is 3.02. The second-order valence-corrected chi connectivity index (χ2v) is 3.79. The van der Waals surface area contributed by atoms with Gasteiger partial charge in [-0.15, -0.1) is 0 Å². The molecule has 0 amide bonds. The molecule has 0 fully saturated rings. The summed E-state index contributed by atoms with van der Waals surface area (Å²) in [5, 5.41) is 0.858. The van der Waals surface area contributed by atoms with E-state index < -0.39 is 0 Å². The Balaban J connectivity index is 2.56. The van der Waals surface area contributed by atoms with Crippen molar-refractivity contribution in [3.05, 3.63) is 40.6 Å². The van der Waals surface area contributed by atoms with Gasteiger partial charge >= 0.3 is 0 Å². The van der Waals surface area contributed by atoms with Crippen molar-refractivity contribution in [1.29, 1.82) is 0 Å². The van der Waals surface area contributed by atoms with Gasteiger partial charge in [0.25, 0.3) is 0 Å². The van der Waals surface area contributed by atoms with E-state index in [1.165, 1.54) is 0 Å². The first-order valence-corrected chi connectivity index (χ1v) is 5.29. The minimum absolute atomic E-state index is 0.379. The van der Waals surface area contributed by atoms with Crippen LogP contribution in [0, 0.1) is 0 Å². The fourth-order valence-electron chi connectivity index (χ4n) is 1.31. The lowest BCUT2D eigenvalue weighted by Crippen LogP contribution is -1.91. The molecule has 16 heavy (non-hydrogen) atoms. The molecule has 1 heterocycles. The van der Waals surface area contributed by atoms with E-state index >= 15 is 0 Å². The van der Waals surface area contributed by atoms with Crippen LogP contribution >= 0.6 is 23.2 Å². The van der Waals surface area contributed by atoms with Gasteiger partial charge in [-0.3, -0.25) is 0 Å². The van der Waals surface area contributed by atoms with Crippen molar-refractivity contribution >= 4 is 23.2 Å². The standard InChI is InChI=1S/C11H8Cl2N2O/c1-16-8-4-2-3-7(10(8)13)11-14-6-5-9(12)15-11/h2-6H,1H3. The highest BCUT2D eigenvalue weighted by Gasteiger charge is 2.10. The fourth-order valence-corrected chi connectivity index (χ4v) is 1.73. The van der Waals surface area contributed by atoms with E-state index in [9.17, 15) is 0 Å². The monoisotopic (exact) mass is 254 g/mol. The molecule has 0 aliphatic rings. The van der Waals surface area contributed by atoms with Crippen LogP contribution in [0.25, 0.3) is 11.4 Å². The quantitative estimate of drug-likeness (QED) is 0.771. The number of nitrogens with zero attached hydrogens (tertiary/aromatic N) is 2.